The molecule has 0 unspecified atom stereocenters. The van der Waals surface area contributed by atoms with E-state index in [1.54, 1.807) is 6.92 Å². The number of nitrogens with zero attached hydrogens (tertiary/aromatic N) is 4. The maximum absolute atomic E-state index is 12.5. The zero-order valence-electron chi connectivity index (χ0n) is 17.5. The van der Waals surface area contributed by atoms with Gasteiger partial charge in [-0.3, -0.25) is 14.7 Å². The van der Waals surface area contributed by atoms with Crippen LogP contribution in [0.2, 0.25) is 0 Å². The molecule has 1 aromatic rings. The van der Waals surface area contributed by atoms with Crippen molar-refractivity contribution in [3.63, 3.8) is 0 Å². The van der Waals surface area contributed by atoms with E-state index in [9.17, 15) is 9.59 Å². The Morgan fingerprint density at radius 2 is 1.86 bits per heavy atom. The topological polar surface area (TPSA) is 101 Å². The molecule has 3 amide bonds. The molecule has 1 saturated carbocycles. The molecule has 1 saturated heterocycles. The summed E-state index contributed by atoms with van der Waals surface area (Å²) in [5, 5.41) is 14.3. The third-order valence-electron chi connectivity index (χ3n) is 5.12. The predicted molar refractivity (Wildman–Crippen MR) is 112 cm³/mol. The Bertz CT molecular complexity index is 698. The molecular weight excluding hydrogens is 392 g/mol. The SMILES string of the molecule is CC(C)Cn1c(S[C@H](C)C(=O)NC(=O)NC2CCCC2)nnc1N1CCOCC1. The summed E-state index contributed by atoms with van der Waals surface area (Å²) in [6.45, 7) is 9.72. The summed E-state index contributed by atoms with van der Waals surface area (Å²) in [5.41, 5.74) is 0. The second-order valence-electron chi connectivity index (χ2n) is 8.09. The highest BCUT2D eigenvalue weighted by Crippen LogP contribution is 2.27. The van der Waals surface area contributed by atoms with Crippen LogP contribution in [0.1, 0.15) is 46.5 Å². The van der Waals surface area contributed by atoms with E-state index in [-0.39, 0.29) is 11.9 Å². The second kappa shape index (κ2) is 10.3. The summed E-state index contributed by atoms with van der Waals surface area (Å²) in [5.74, 6) is 0.903. The van der Waals surface area contributed by atoms with Crippen molar-refractivity contribution in [1.29, 1.82) is 0 Å². The number of anilines is 1. The Morgan fingerprint density at radius 3 is 2.52 bits per heavy atom. The zero-order chi connectivity index (χ0) is 20.8. The fourth-order valence-corrected chi connectivity index (χ4v) is 4.46. The van der Waals surface area contributed by atoms with Crippen molar-refractivity contribution in [2.75, 3.05) is 31.2 Å². The number of hydrogen-bond acceptors (Lipinski definition) is 7. The molecule has 2 heterocycles. The number of thioether (sulfide) groups is 1. The molecule has 29 heavy (non-hydrogen) atoms. The fraction of sp³-hybridized carbons (Fsp3) is 0.789. The molecule has 2 fully saturated rings. The summed E-state index contributed by atoms with van der Waals surface area (Å²) >= 11 is 1.33. The van der Waals surface area contributed by atoms with Crippen LogP contribution in [0.15, 0.2) is 5.16 Å². The first kappa shape index (κ1) is 21.9. The molecule has 0 aromatic carbocycles. The fourth-order valence-electron chi connectivity index (χ4n) is 3.61. The lowest BCUT2D eigenvalue weighted by Gasteiger charge is -2.28. The largest absolute Gasteiger partial charge is 0.378 e. The van der Waals surface area contributed by atoms with Crippen molar-refractivity contribution in [3.8, 4) is 0 Å². The standard InChI is InChI=1S/C19H32N6O3S/c1-13(2)12-25-18(24-8-10-28-11-9-24)22-23-19(25)29-14(3)16(26)21-17(27)20-15-6-4-5-7-15/h13-15H,4-12H2,1-3H3,(H2,20,21,26,27)/t14-/m1/s1. The second-order valence-corrected chi connectivity index (χ2v) is 9.40. The number of morpholine rings is 1. The number of carbonyl (C=O) groups excluding carboxylic acids is 2. The van der Waals surface area contributed by atoms with E-state index < -0.39 is 11.3 Å². The highest BCUT2D eigenvalue weighted by Gasteiger charge is 2.25. The molecule has 1 atom stereocenters. The molecule has 1 aliphatic carbocycles. The van der Waals surface area contributed by atoms with E-state index in [4.69, 9.17) is 4.74 Å². The van der Waals surface area contributed by atoms with Crippen LogP contribution >= 0.6 is 11.8 Å². The number of amides is 3. The lowest BCUT2D eigenvalue weighted by molar-refractivity contribution is -0.119. The average Bonchev–Trinajstić information content (AvgIpc) is 3.32. The molecule has 0 bridgehead atoms. The Hall–Kier alpha value is -1.81. The van der Waals surface area contributed by atoms with E-state index in [1.807, 2.05) is 0 Å². The first-order chi connectivity index (χ1) is 13.9. The monoisotopic (exact) mass is 424 g/mol. The minimum Gasteiger partial charge on any atom is -0.378 e. The molecular formula is C19H32N6O3S. The van der Waals surface area contributed by atoms with Gasteiger partial charge in [-0.25, -0.2) is 4.79 Å². The van der Waals surface area contributed by atoms with Crippen molar-refractivity contribution < 1.29 is 14.3 Å². The van der Waals surface area contributed by atoms with E-state index in [2.05, 4.69) is 44.1 Å². The van der Waals surface area contributed by atoms with Gasteiger partial charge in [0.25, 0.3) is 0 Å². The summed E-state index contributed by atoms with van der Waals surface area (Å²) in [6.07, 6.45) is 4.22. The van der Waals surface area contributed by atoms with Crippen molar-refractivity contribution >= 4 is 29.6 Å². The molecule has 2 aliphatic rings. The van der Waals surface area contributed by atoms with Gasteiger partial charge in [0.15, 0.2) is 5.16 Å². The summed E-state index contributed by atoms with van der Waals surface area (Å²) in [7, 11) is 0. The van der Waals surface area contributed by atoms with Crippen molar-refractivity contribution in [1.82, 2.24) is 25.4 Å². The van der Waals surface area contributed by atoms with Gasteiger partial charge in [-0.15, -0.1) is 10.2 Å². The number of rotatable bonds is 7. The van der Waals surface area contributed by atoms with Gasteiger partial charge in [-0.05, 0) is 25.7 Å². The van der Waals surface area contributed by atoms with Gasteiger partial charge in [0, 0.05) is 25.7 Å². The quantitative estimate of drug-likeness (QED) is 0.646. The Kier molecular flexibility index (Phi) is 7.77. The molecule has 0 spiro atoms. The number of urea groups is 1. The molecule has 2 N–H and O–H groups in total. The third kappa shape index (κ3) is 6.08. The van der Waals surface area contributed by atoms with Gasteiger partial charge in [0.05, 0.1) is 18.5 Å². The molecule has 162 valence electrons. The van der Waals surface area contributed by atoms with Crippen molar-refractivity contribution in [2.24, 2.45) is 5.92 Å². The van der Waals surface area contributed by atoms with Crippen LogP contribution in [0.3, 0.4) is 0 Å². The molecule has 1 aromatic heterocycles. The zero-order valence-corrected chi connectivity index (χ0v) is 18.3. The first-order valence-electron chi connectivity index (χ1n) is 10.5. The van der Waals surface area contributed by atoms with Crippen molar-refractivity contribution in [3.05, 3.63) is 0 Å². The van der Waals surface area contributed by atoms with Gasteiger partial charge in [0.1, 0.15) is 0 Å². The molecule has 10 heteroatoms. The third-order valence-corrected chi connectivity index (χ3v) is 6.20. The molecule has 3 rings (SSSR count). The maximum atomic E-state index is 12.5. The highest BCUT2D eigenvalue weighted by atomic mass is 32.2. The number of hydrogen-bond donors (Lipinski definition) is 2. The molecule has 9 nitrogen and oxygen atoms in total. The predicted octanol–water partition coefficient (Wildman–Crippen LogP) is 2.02. The summed E-state index contributed by atoms with van der Waals surface area (Å²) < 4.78 is 7.51. The summed E-state index contributed by atoms with van der Waals surface area (Å²) in [4.78, 5) is 26.8. The maximum Gasteiger partial charge on any atom is 0.321 e. The number of nitrogens with one attached hydrogen (secondary N) is 2. The van der Waals surface area contributed by atoms with Crippen molar-refractivity contribution in [2.45, 2.75) is 69.4 Å². The van der Waals surface area contributed by atoms with E-state index in [0.717, 1.165) is 51.3 Å². The van der Waals surface area contributed by atoms with Crippen LogP contribution in [0, 0.1) is 5.92 Å². The number of carbonyl (C=O) groups is 2. The van der Waals surface area contributed by atoms with Gasteiger partial charge < -0.3 is 15.0 Å². The Labute approximate surface area is 176 Å². The van der Waals surface area contributed by atoms with Gasteiger partial charge in [0.2, 0.25) is 11.9 Å². The average molecular weight is 425 g/mol. The van der Waals surface area contributed by atoms with Crippen LogP contribution in [-0.4, -0.2) is 64.3 Å². The van der Waals surface area contributed by atoms with E-state index in [1.165, 1.54) is 11.8 Å². The minimum atomic E-state index is -0.461. The van der Waals surface area contributed by atoms with Crippen LogP contribution < -0.4 is 15.5 Å². The van der Waals surface area contributed by atoms with Gasteiger partial charge in [-0.2, -0.15) is 0 Å². The van der Waals surface area contributed by atoms with Crippen LogP contribution in [0.25, 0.3) is 0 Å². The van der Waals surface area contributed by atoms with E-state index in [0.29, 0.717) is 24.3 Å². The van der Waals surface area contributed by atoms with Crippen LogP contribution in [0.5, 0.6) is 0 Å². The lowest BCUT2D eigenvalue weighted by atomic mass is 10.2. The molecule has 1 aliphatic heterocycles. The Balaban J connectivity index is 1.62. The minimum absolute atomic E-state index is 0.177. The van der Waals surface area contributed by atoms with Gasteiger partial charge in [-0.1, -0.05) is 38.5 Å². The number of ether oxygens (including phenoxy) is 1. The van der Waals surface area contributed by atoms with Crippen LogP contribution in [0.4, 0.5) is 10.7 Å². The van der Waals surface area contributed by atoms with E-state index >= 15 is 0 Å². The lowest BCUT2D eigenvalue weighted by Crippen LogP contribution is -2.46. The molecule has 0 radical (unpaired) electrons. The normalized spacial score (nSPS) is 18.8. The smallest absolute Gasteiger partial charge is 0.321 e. The van der Waals surface area contributed by atoms with Gasteiger partial charge >= 0.3 is 6.03 Å². The Morgan fingerprint density at radius 1 is 1.17 bits per heavy atom. The van der Waals surface area contributed by atoms with Crippen LogP contribution in [-0.2, 0) is 16.1 Å². The highest BCUT2D eigenvalue weighted by molar-refractivity contribution is 8.00. The first-order valence-corrected chi connectivity index (χ1v) is 11.4. The number of imide groups is 1. The summed E-state index contributed by atoms with van der Waals surface area (Å²) in [6, 6.07) is -0.233. The number of aromatic nitrogens is 3.